The van der Waals surface area contributed by atoms with Gasteiger partial charge >= 0.3 is 5.97 Å². The lowest BCUT2D eigenvalue weighted by molar-refractivity contribution is -0.138. The van der Waals surface area contributed by atoms with E-state index in [-0.39, 0.29) is 11.8 Å². The van der Waals surface area contributed by atoms with E-state index in [4.69, 9.17) is 9.63 Å². The molecule has 0 bridgehead atoms. The monoisotopic (exact) mass is 467 g/mol. The molecule has 1 heterocycles. The number of aryl methyl sites for hydroxylation is 2. The van der Waals surface area contributed by atoms with Crippen LogP contribution >= 0.6 is 0 Å². The predicted molar refractivity (Wildman–Crippen MR) is 135 cm³/mol. The van der Waals surface area contributed by atoms with Gasteiger partial charge in [0.05, 0.1) is 23.3 Å². The van der Waals surface area contributed by atoms with E-state index < -0.39 is 12.1 Å². The lowest BCUT2D eigenvalue weighted by Gasteiger charge is -2.12. The lowest BCUT2D eigenvalue weighted by atomic mass is 9.96. The number of nitrogens with zero attached hydrogens (tertiary/aromatic N) is 1. The first kappa shape index (κ1) is 23.1. The Morgan fingerprint density at radius 3 is 2.23 bits per heavy atom. The molecule has 2 N–H and O–H groups in total. The van der Waals surface area contributed by atoms with Crippen molar-refractivity contribution in [2.45, 2.75) is 44.6 Å². The standard InChI is InChI=1S/C30H29NO4/c1-19-28(27(32)9-5-8-20-6-3-2-4-7-20)29(35-31-19)24-16-12-22(13-17-24)21-10-14-23(15-11-21)25-18-26(25)30(33)34/h2-4,6-7,10-17,25-27,32H,5,8-9,18H2,1H3,(H,33,34). The van der Waals surface area contributed by atoms with Gasteiger partial charge in [0.2, 0.25) is 0 Å². The molecule has 0 amide bonds. The van der Waals surface area contributed by atoms with Crippen LogP contribution in [0.2, 0.25) is 0 Å². The zero-order valence-corrected chi connectivity index (χ0v) is 19.7. The molecular formula is C30H29NO4. The highest BCUT2D eigenvalue weighted by molar-refractivity contribution is 5.75. The number of benzene rings is 3. The number of hydrogen-bond acceptors (Lipinski definition) is 4. The third-order valence-electron chi connectivity index (χ3n) is 6.95. The van der Waals surface area contributed by atoms with Gasteiger partial charge in [-0.2, -0.15) is 0 Å². The summed E-state index contributed by atoms with van der Waals surface area (Å²) in [5.41, 5.74) is 6.84. The first-order valence-electron chi connectivity index (χ1n) is 12.1. The van der Waals surface area contributed by atoms with Crippen molar-refractivity contribution in [3.63, 3.8) is 0 Å². The fourth-order valence-corrected chi connectivity index (χ4v) is 4.84. The van der Waals surface area contributed by atoms with Crippen molar-refractivity contribution in [3.05, 3.63) is 101 Å². The van der Waals surface area contributed by atoms with Crippen molar-refractivity contribution in [3.8, 4) is 22.5 Å². The van der Waals surface area contributed by atoms with Gasteiger partial charge in [0.1, 0.15) is 0 Å². The Bertz CT molecular complexity index is 1290. The van der Waals surface area contributed by atoms with Crippen LogP contribution in [0.25, 0.3) is 22.5 Å². The second kappa shape index (κ2) is 9.88. The Hall–Kier alpha value is -3.70. The average Bonchev–Trinajstić information content (AvgIpc) is 3.60. The maximum Gasteiger partial charge on any atom is 0.307 e. The number of carbonyl (C=O) groups is 1. The summed E-state index contributed by atoms with van der Waals surface area (Å²) in [6, 6.07) is 26.5. The molecule has 0 spiro atoms. The van der Waals surface area contributed by atoms with Crippen molar-refractivity contribution in [1.29, 1.82) is 0 Å². The highest BCUT2D eigenvalue weighted by atomic mass is 16.5. The van der Waals surface area contributed by atoms with Crippen molar-refractivity contribution >= 4 is 5.97 Å². The molecule has 3 atom stereocenters. The molecule has 1 saturated carbocycles. The van der Waals surface area contributed by atoms with Gasteiger partial charge < -0.3 is 14.7 Å². The fraction of sp³-hybridized carbons (Fsp3) is 0.267. The Morgan fingerprint density at radius 2 is 1.60 bits per heavy atom. The normalized spacial score (nSPS) is 17.8. The van der Waals surface area contributed by atoms with Gasteiger partial charge in [-0.25, -0.2) is 0 Å². The Kier molecular flexibility index (Phi) is 6.51. The number of carboxylic acid groups (broad SMARTS) is 1. The fourth-order valence-electron chi connectivity index (χ4n) is 4.84. The zero-order valence-electron chi connectivity index (χ0n) is 19.7. The number of aliphatic hydroxyl groups is 1. The minimum Gasteiger partial charge on any atom is -0.481 e. The van der Waals surface area contributed by atoms with E-state index in [1.54, 1.807) is 0 Å². The lowest BCUT2D eigenvalue weighted by Crippen LogP contribution is -2.01. The summed E-state index contributed by atoms with van der Waals surface area (Å²) in [7, 11) is 0. The topological polar surface area (TPSA) is 83.6 Å². The molecule has 1 aliphatic rings. The van der Waals surface area contributed by atoms with E-state index in [9.17, 15) is 9.90 Å². The molecule has 1 aliphatic carbocycles. The van der Waals surface area contributed by atoms with E-state index >= 15 is 0 Å². The molecule has 5 nitrogen and oxygen atoms in total. The Balaban J connectivity index is 1.27. The minimum absolute atomic E-state index is 0.135. The zero-order chi connectivity index (χ0) is 24.4. The molecule has 178 valence electrons. The number of aromatic nitrogens is 1. The van der Waals surface area contributed by atoms with E-state index in [2.05, 4.69) is 17.3 Å². The summed E-state index contributed by atoms with van der Waals surface area (Å²) in [6.07, 6.45) is 2.52. The number of aliphatic hydroxyl groups excluding tert-OH is 1. The average molecular weight is 468 g/mol. The first-order chi connectivity index (χ1) is 17.0. The predicted octanol–water partition coefficient (Wildman–Crippen LogP) is 6.56. The number of hydrogen-bond donors (Lipinski definition) is 2. The van der Waals surface area contributed by atoms with Crippen LogP contribution in [0.1, 0.15) is 53.7 Å². The van der Waals surface area contributed by atoms with Gasteiger partial charge in [0.15, 0.2) is 5.76 Å². The van der Waals surface area contributed by atoms with Crippen molar-refractivity contribution in [1.82, 2.24) is 5.16 Å². The number of rotatable bonds is 9. The molecule has 0 aliphatic heterocycles. The van der Waals surface area contributed by atoms with Crippen molar-refractivity contribution in [2.24, 2.45) is 5.92 Å². The largest absolute Gasteiger partial charge is 0.481 e. The summed E-state index contributed by atoms with van der Waals surface area (Å²) in [4.78, 5) is 11.1. The smallest absolute Gasteiger partial charge is 0.307 e. The van der Waals surface area contributed by atoms with Crippen molar-refractivity contribution in [2.75, 3.05) is 0 Å². The Labute approximate surface area is 205 Å². The van der Waals surface area contributed by atoms with Gasteiger partial charge in [-0.15, -0.1) is 0 Å². The summed E-state index contributed by atoms with van der Waals surface area (Å²) in [5, 5.41) is 24.2. The third-order valence-corrected chi connectivity index (χ3v) is 6.95. The van der Waals surface area contributed by atoms with Crippen LogP contribution in [0, 0.1) is 12.8 Å². The molecule has 3 aromatic carbocycles. The highest BCUT2D eigenvalue weighted by Gasteiger charge is 2.44. The number of carboxylic acids is 1. The second-order valence-electron chi connectivity index (χ2n) is 9.39. The molecule has 4 aromatic rings. The molecule has 1 aromatic heterocycles. The van der Waals surface area contributed by atoms with Gasteiger partial charge in [-0.05, 0) is 60.8 Å². The molecular weight excluding hydrogens is 438 g/mol. The summed E-state index contributed by atoms with van der Waals surface area (Å²) in [6.45, 7) is 1.87. The molecule has 5 rings (SSSR count). The highest BCUT2D eigenvalue weighted by Crippen LogP contribution is 2.47. The SMILES string of the molecule is Cc1noc(-c2ccc(-c3ccc(C4CC4C(=O)O)cc3)cc2)c1C(O)CCCc1ccccc1. The summed E-state index contributed by atoms with van der Waals surface area (Å²) < 4.78 is 5.63. The van der Waals surface area contributed by atoms with Crippen LogP contribution in [-0.4, -0.2) is 21.3 Å². The molecule has 0 radical (unpaired) electrons. The quantitative estimate of drug-likeness (QED) is 0.291. The van der Waals surface area contributed by atoms with Gasteiger partial charge in [0.25, 0.3) is 0 Å². The number of aliphatic carboxylic acids is 1. The second-order valence-corrected chi connectivity index (χ2v) is 9.39. The van der Waals surface area contributed by atoms with Crippen LogP contribution < -0.4 is 0 Å². The van der Waals surface area contributed by atoms with E-state index in [1.807, 2.05) is 73.7 Å². The molecule has 0 saturated heterocycles. The molecule has 1 fully saturated rings. The van der Waals surface area contributed by atoms with E-state index in [0.29, 0.717) is 17.9 Å². The maximum atomic E-state index is 11.1. The Morgan fingerprint density at radius 1 is 0.971 bits per heavy atom. The van der Waals surface area contributed by atoms with E-state index in [0.717, 1.165) is 47.1 Å². The molecule has 3 unspecified atom stereocenters. The molecule has 5 heteroatoms. The van der Waals surface area contributed by atoms with Crippen LogP contribution in [0.3, 0.4) is 0 Å². The molecule has 35 heavy (non-hydrogen) atoms. The third kappa shape index (κ3) is 5.05. The summed E-state index contributed by atoms with van der Waals surface area (Å²) in [5.74, 6) is -0.201. The van der Waals surface area contributed by atoms with Crippen LogP contribution in [0.4, 0.5) is 0 Å². The van der Waals surface area contributed by atoms with E-state index in [1.165, 1.54) is 5.56 Å². The minimum atomic E-state index is -0.710. The summed E-state index contributed by atoms with van der Waals surface area (Å²) >= 11 is 0. The van der Waals surface area contributed by atoms with Gasteiger partial charge in [-0.1, -0.05) is 84.0 Å². The van der Waals surface area contributed by atoms with Gasteiger partial charge in [0, 0.05) is 5.56 Å². The van der Waals surface area contributed by atoms with Crippen LogP contribution in [-0.2, 0) is 11.2 Å². The van der Waals surface area contributed by atoms with Gasteiger partial charge in [-0.3, -0.25) is 4.79 Å². The van der Waals surface area contributed by atoms with Crippen LogP contribution in [0.15, 0.2) is 83.4 Å². The van der Waals surface area contributed by atoms with Crippen LogP contribution in [0.5, 0.6) is 0 Å². The van der Waals surface area contributed by atoms with Crippen molar-refractivity contribution < 1.29 is 19.5 Å². The maximum absolute atomic E-state index is 11.1. The first-order valence-corrected chi connectivity index (χ1v) is 12.1.